The zero-order chi connectivity index (χ0) is 18.7. The first-order valence-electron chi connectivity index (χ1n) is 7.97. The lowest BCUT2D eigenvalue weighted by molar-refractivity contribution is -0.138. The first kappa shape index (κ1) is 17.5. The molecule has 0 bridgehead atoms. The number of ether oxygens (including phenoxy) is 1. The highest BCUT2D eigenvalue weighted by atomic mass is 16.5. The molecule has 134 valence electrons. The lowest BCUT2D eigenvalue weighted by atomic mass is 10.1. The van der Waals surface area contributed by atoms with Crippen molar-refractivity contribution < 1.29 is 24.5 Å². The molecule has 0 radical (unpaired) electrons. The van der Waals surface area contributed by atoms with E-state index in [1.807, 2.05) is 18.2 Å². The quantitative estimate of drug-likeness (QED) is 0.516. The minimum Gasteiger partial charge on any atom is -0.489 e. The Morgan fingerprint density at radius 2 is 1.85 bits per heavy atom. The van der Waals surface area contributed by atoms with Crippen molar-refractivity contribution in [1.82, 2.24) is 4.98 Å². The molecule has 1 heterocycles. The zero-order valence-corrected chi connectivity index (χ0v) is 13.8. The van der Waals surface area contributed by atoms with Crippen molar-refractivity contribution in [1.29, 1.82) is 0 Å². The number of aliphatic carboxylic acids is 1. The minimum atomic E-state index is -1.04. The molecule has 1 atom stereocenters. The Morgan fingerprint density at radius 3 is 2.50 bits per heavy atom. The summed E-state index contributed by atoms with van der Waals surface area (Å²) in [5.74, 6) is -1.39. The third-order valence-electron chi connectivity index (χ3n) is 4.10. The molecule has 0 fully saturated rings. The van der Waals surface area contributed by atoms with Gasteiger partial charge in [0.15, 0.2) is 0 Å². The molecule has 0 aliphatic heterocycles. The average Bonchev–Trinajstić information content (AvgIpc) is 3.02. The fourth-order valence-electron chi connectivity index (χ4n) is 2.65. The number of aromatic nitrogens is 1. The van der Waals surface area contributed by atoms with Crippen molar-refractivity contribution in [3.05, 3.63) is 65.4 Å². The number of rotatable bonds is 7. The molecule has 0 unspecified atom stereocenters. The first-order chi connectivity index (χ1) is 12.4. The Balaban J connectivity index is 1.74. The number of hydrogen-bond acceptors (Lipinski definition) is 4. The van der Waals surface area contributed by atoms with Gasteiger partial charge >= 0.3 is 11.9 Å². The fourth-order valence-corrected chi connectivity index (χ4v) is 2.65. The van der Waals surface area contributed by atoms with Gasteiger partial charge in [-0.1, -0.05) is 12.1 Å². The number of hydrogen-bond donors (Lipinski definition) is 4. The highest BCUT2D eigenvalue weighted by molar-refractivity contribution is 5.87. The number of nitrogens with one attached hydrogen (secondary N) is 1. The van der Waals surface area contributed by atoms with Gasteiger partial charge in [0, 0.05) is 23.5 Å². The van der Waals surface area contributed by atoms with Gasteiger partial charge < -0.3 is 25.7 Å². The van der Waals surface area contributed by atoms with Crippen molar-refractivity contribution in [3.63, 3.8) is 0 Å². The molecule has 26 heavy (non-hydrogen) atoms. The Kier molecular flexibility index (Phi) is 4.90. The van der Waals surface area contributed by atoms with Crippen LogP contribution in [0.5, 0.6) is 5.75 Å². The van der Waals surface area contributed by atoms with Crippen LogP contribution in [0, 0.1) is 0 Å². The molecular formula is C19H18N2O5. The van der Waals surface area contributed by atoms with Crippen molar-refractivity contribution in [2.75, 3.05) is 0 Å². The minimum absolute atomic E-state index is 0.218. The van der Waals surface area contributed by atoms with Crippen molar-refractivity contribution in [2.45, 2.75) is 19.1 Å². The van der Waals surface area contributed by atoms with Crippen molar-refractivity contribution in [3.8, 4) is 5.75 Å². The number of carboxylic acids is 2. The number of H-pyrrole nitrogens is 1. The molecule has 7 heteroatoms. The predicted molar refractivity (Wildman–Crippen MR) is 95.3 cm³/mol. The van der Waals surface area contributed by atoms with Gasteiger partial charge in [-0.2, -0.15) is 0 Å². The van der Waals surface area contributed by atoms with E-state index >= 15 is 0 Å². The molecule has 3 aromatic rings. The second kappa shape index (κ2) is 7.28. The SMILES string of the molecule is N[C@@H](Cc1c[nH]c2ccc(OCc3ccc(C(=O)O)cc3)cc12)C(=O)O. The third-order valence-corrected chi connectivity index (χ3v) is 4.10. The molecule has 0 aliphatic rings. The number of benzene rings is 2. The molecule has 7 nitrogen and oxygen atoms in total. The van der Waals surface area contributed by atoms with E-state index in [4.69, 9.17) is 20.7 Å². The number of carbonyl (C=O) groups is 2. The number of fused-ring (bicyclic) bond motifs is 1. The number of aromatic amines is 1. The van der Waals surface area contributed by atoms with Crippen LogP contribution in [0.1, 0.15) is 21.5 Å². The molecule has 5 N–H and O–H groups in total. The van der Waals surface area contributed by atoms with Crippen LogP contribution in [0.3, 0.4) is 0 Å². The van der Waals surface area contributed by atoms with Gasteiger partial charge in [0.05, 0.1) is 5.56 Å². The molecule has 0 amide bonds. The van der Waals surface area contributed by atoms with E-state index in [1.54, 1.807) is 18.3 Å². The normalized spacial score (nSPS) is 12.0. The maximum absolute atomic E-state index is 11.0. The van der Waals surface area contributed by atoms with E-state index in [1.165, 1.54) is 12.1 Å². The molecule has 0 spiro atoms. The summed E-state index contributed by atoms with van der Waals surface area (Å²) in [4.78, 5) is 24.9. The van der Waals surface area contributed by atoms with Crippen molar-refractivity contribution in [2.24, 2.45) is 5.73 Å². The van der Waals surface area contributed by atoms with E-state index in [9.17, 15) is 9.59 Å². The number of aromatic carboxylic acids is 1. The fraction of sp³-hybridized carbons (Fsp3) is 0.158. The Labute approximate surface area is 149 Å². The van der Waals surface area contributed by atoms with E-state index in [0.717, 1.165) is 22.0 Å². The predicted octanol–water partition coefficient (Wildman–Crippen LogP) is 2.40. The standard InChI is InChI=1S/C19H18N2O5/c20-16(19(24)25)7-13-9-21-17-6-5-14(8-15(13)17)26-10-11-1-3-12(4-2-11)18(22)23/h1-6,8-9,16,21H,7,10,20H2,(H,22,23)(H,24,25)/t16-/m0/s1. The van der Waals surface area contributed by atoms with Crippen LogP contribution in [0.15, 0.2) is 48.7 Å². The Morgan fingerprint density at radius 1 is 1.12 bits per heavy atom. The molecule has 1 aromatic heterocycles. The lowest BCUT2D eigenvalue weighted by Crippen LogP contribution is -2.32. The number of carboxylic acid groups (broad SMARTS) is 2. The van der Waals surface area contributed by atoms with Gasteiger partial charge in [0.1, 0.15) is 18.4 Å². The van der Waals surface area contributed by atoms with Gasteiger partial charge in [0.2, 0.25) is 0 Å². The van der Waals surface area contributed by atoms with E-state index in [0.29, 0.717) is 12.4 Å². The molecule has 0 saturated heterocycles. The molecule has 0 aliphatic carbocycles. The smallest absolute Gasteiger partial charge is 0.335 e. The van der Waals surface area contributed by atoms with Crippen LogP contribution in [0.4, 0.5) is 0 Å². The van der Waals surface area contributed by atoms with Gasteiger partial charge in [-0.25, -0.2) is 4.79 Å². The van der Waals surface area contributed by atoms with Gasteiger partial charge in [-0.05, 0) is 41.5 Å². The molecular weight excluding hydrogens is 336 g/mol. The number of nitrogens with two attached hydrogens (primary N) is 1. The second-order valence-electron chi connectivity index (χ2n) is 5.96. The summed E-state index contributed by atoms with van der Waals surface area (Å²) in [6.07, 6.45) is 1.97. The topological polar surface area (TPSA) is 126 Å². The maximum Gasteiger partial charge on any atom is 0.335 e. The summed E-state index contributed by atoms with van der Waals surface area (Å²) < 4.78 is 5.77. The van der Waals surface area contributed by atoms with Crippen molar-refractivity contribution >= 4 is 22.8 Å². The van der Waals surface area contributed by atoms with Crippen LogP contribution in [-0.2, 0) is 17.8 Å². The van der Waals surface area contributed by atoms with Gasteiger partial charge in [-0.15, -0.1) is 0 Å². The highest BCUT2D eigenvalue weighted by Gasteiger charge is 2.15. The first-order valence-corrected chi connectivity index (χ1v) is 7.97. The summed E-state index contributed by atoms with van der Waals surface area (Å²) in [6, 6.07) is 11.0. The zero-order valence-electron chi connectivity index (χ0n) is 13.8. The second-order valence-corrected chi connectivity index (χ2v) is 5.96. The van der Waals surface area contributed by atoms with Crippen LogP contribution < -0.4 is 10.5 Å². The Bertz CT molecular complexity index is 946. The van der Waals surface area contributed by atoms with Crippen LogP contribution >= 0.6 is 0 Å². The summed E-state index contributed by atoms with van der Waals surface area (Å²) in [5.41, 5.74) is 8.37. The van der Waals surface area contributed by atoms with E-state index in [2.05, 4.69) is 4.98 Å². The summed E-state index contributed by atoms with van der Waals surface area (Å²) >= 11 is 0. The third kappa shape index (κ3) is 3.84. The molecule has 0 saturated carbocycles. The maximum atomic E-state index is 11.0. The molecule has 3 rings (SSSR count). The summed E-state index contributed by atoms with van der Waals surface area (Å²) in [7, 11) is 0. The highest BCUT2D eigenvalue weighted by Crippen LogP contribution is 2.25. The van der Waals surface area contributed by atoms with E-state index in [-0.39, 0.29) is 12.0 Å². The van der Waals surface area contributed by atoms with E-state index < -0.39 is 18.0 Å². The summed E-state index contributed by atoms with van der Waals surface area (Å²) in [5, 5.41) is 18.7. The van der Waals surface area contributed by atoms with Gasteiger partial charge in [-0.3, -0.25) is 4.79 Å². The lowest BCUT2D eigenvalue weighted by Gasteiger charge is -2.08. The Hall–Kier alpha value is -3.32. The largest absolute Gasteiger partial charge is 0.489 e. The van der Waals surface area contributed by atoms with Crippen LogP contribution in [0.25, 0.3) is 10.9 Å². The average molecular weight is 354 g/mol. The van der Waals surface area contributed by atoms with Crippen LogP contribution in [0.2, 0.25) is 0 Å². The monoisotopic (exact) mass is 354 g/mol. The van der Waals surface area contributed by atoms with Crippen LogP contribution in [-0.4, -0.2) is 33.2 Å². The summed E-state index contributed by atoms with van der Waals surface area (Å²) in [6.45, 7) is 0.291. The van der Waals surface area contributed by atoms with Gasteiger partial charge in [0.25, 0.3) is 0 Å². The molecule has 2 aromatic carbocycles.